The van der Waals surface area contributed by atoms with Crippen LogP contribution in [-0.2, 0) is 16.0 Å². The number of hydrogen-bond donors (Lipinski definition) is 1. The Bertz CT molecular complexity index is 482. The van der Waals surface area contributed by atoms with Gasteiger partial charge in [-0.15, -0.1) is 6.58 Å². The van der Waals surface area contributed by atoms with E-state index in [1.165, 1.54) is 0 Å². The van der Waals surface area contributed by atoms with Crippen LogP contribution in [0.25, 0.3) is 0 Å². The van der Waals surface area contributed by atoms with Gasteiger partial charge >= 0.3 is 11.8 Å². The van der Waals surface area contributed by atoms with Crippen molar-refractivity contribution in [1.82, 2.24) is 5.32 Å². The van der Waals surface area contributed by atoms with Crippen LogP contribution in [0.5, 0.6) is 0 Å². The predicted molar refractivity (Wildman–Crippen MR) is 70.3 cm³/mol. The first-order valence-corrected chi connectivity index (χ1v) is 6.02. The Kier molecular flexibility index (Phi) is 3.77. The lowest BCUT2D eigenvalue weighted by molar-refractivity contribution is -0.137. The number of carbonyl (C=O) groups is 2. The van der Waals surface area contributed by atoms with Crippen LogP contribution in [0, 0.1) is 0 Å². The van der Waals surface area contributed by atoms with Crippen LogP contribution < -0.4 is 10.2 Å². The van der Waals surface area contributed by atoms with Crippen molar-refractivity contribution in [3.05, 3.63) is 42.5 Å². The minimum Gasteiger partial charge on any atom is -0.344 e. The summed E-state index contributed by atoms with van der Waals surface area (Å²) in [6.45, 7) is 4.40. The molecule has 0 radical (unpaired) electrons. The van der Waals surface area contributed by atoms with Crippen LogP contribution in [0.3, 0.4) is 0 Å². The van der Waals surface area contributed by atoms with E-state index < -0.39 is 11.8 Å². The molecule has 4 nitrogen and oxygen atoms in total. The highest BCUT2D eigenvalue weighted by Gasteiger charge is 2.26. The van der Waals surface area contributed by atoms with Crippen LogP contribution in [0.15, 0.2) is 36.9 Å². The molecular weight excluding hydrogens is 228 g/mol. The van der Waals surface area contributed by atoms with Crippen molar-refractivity contribution in [2.45, 2.75) is 12.8 Å². The molecule has 1 heterocycles. The van der Waals surface area contributed by atoms with Crippen LogP contribution in [0.1, 0.15) is 12.0 Å². The topological polar surface area (TPSA) is 49.4 Å². The number of hydrogen-bond acceptors (Lipinski definition) is 2. The SMILES string of the molecule is C=CCNC(=O)C(=O)N1CCCc2ccccc21. The summed E-state index contributed by atoms with van der Waals surface area (Å²) in [4.78, 5) is 25.3. The monoisotopic (exact) mass is 244 g/mol. The molecule has 0 bridgehead atoms. The molecule has 0 unspecified atom stereocenters. The molecule has 0 aromatic heterocycles. The summed E-state index contributed by atoms with van der Waals surface area (Å²) in [5.74, 6) is -1.07. The molecule has 1 N–H and O–H groups in total. The van der Waals surface area contributed by atoms with Gasteiger partial charge in [-0.3, -0.25) is 9.59 Å². The maximum Gasteiger partial charge on any atom is 0.316 e. The number of carbonyl (C=O) groups excluding carboxylic acids is 2. The van der Waals surface area contributed by atoms with Crippen LogP contribution in [0.2, 0.25) is 0 Å². The highest BCUT2D eigenvalue weighted by molar-refractivity contribution is 6.40. The Labute approximate surface area is 106 Å². The van der Waals surface area contributed by atoms with Gasteiger partial charge in [-0.05, 0) is 24.5 Å². The number of rotatable bonds is 2. The van der Waals surface area contributed by atoms with Crippen molar-refractivity contribution >= 4 is 17.5 Å². The molecule has 0 aliphatic carbocycles. The van der Waals surface area contributed by atoms with Crippen molar-refractivity contribution in [1.29, 1.82) is 0 Å². The maximum absolute atomic E-state index is 12.0. The lowest BCUT2D eigenvalue weighted by atomic mass is 10.0. The minimum atomic E-state index is -0.577. The van der Waals surface area contributed by atoms with E-state index in [1.54, 1.807) is 11.0 Å². The Morgan fingerprint density at radius 3 is 2.94 bits per heavy atom. The molecule has 4 heteroatoms. The summed E-state index contributed by atoms with van der Waals surface area (Å²) in [6, 6.07) is 7.71. The zero-order valence-corrected chi connectivity index (χ0v) is 10.2. The quantitative estimate of drug-likeness (QED) is 0.629. The fraction of sp³-hybridized carbons (Fsp3) is 0.286. The first kappa shape index (κ1) is 12.4. The van der Waals surface area contributed by atoms with Crippen molar-refractivity contribution < 1.29 is 9.59 Å². The zero-order chi connectivity index (χ0) is 13.0. The highest BCUT2D eigenvalue weighted by Crippen LogP contribution is 2.26. The summed E-state index contributed by atoms with van der Waals surface area (Å²) in [7, 11) is 0. The van der Waals surface area contributed by atoms with E-state index in [-0.39, 0.29) is 0 Å². The highest BCUT2D eigenvalue weighted by atomic mass is 16.2. The standard InChI is InChI=1S/C14H16N2O2/c1-2-9-15-13(17)14(18)16-10-5-7-11-6-3-4-8-12(11)16/h2-4,6,8H,1,5,7,9-10H2,(H,15,17). The normalized spacial score (nSPS) is 13.7. The zero-order valence-electron chi connectivity index (χ0n) is 10.2. The van der Waals surface area contributed by atoms with Gasteiger partial charge in [0.25, 0.3) is 0 Å². The summed E-state index contributed by atoms with van der Waals surface area (Å²) in [5.41, 5.74) is 1.97. The molecule has 0 saturated carbocycles. The molecule has 1 aliphatic heterocycles. The summed E-state index contributed by atoms with van der Waals surface area (Å²) in [5, 5.41) is 2.51. The Balaban J connectivity index is 2.17. The molecule has 1 aromatic rings. The van der Waals surface area contributed by atoms with Gasteiger partial charge in [-0.1, -0.05) is 24.3 Å². The number of anilines is 1. The van der Waals surface area contributed by atoms with Crippen molar-refractivity contribution in [2.24, 2.45) is 0 Å². The molecule has 18 heavy (non-hydrogen) atoms. The summed E-state index contributed by atoms with van der Waals surface area (Å²) < 4.78 is 0. The van der Waals surface area contributed by atoms with Crippen molar-refractivity contribution in [2.75, 3.05) is 18.0 Å². The van der Waals surface area contributed by atoms with E-state index in [9.17, 15) is 9.59 Å². The second-order valence-electron chi connectivity index (χ2n) is 4.19. The largest absolute Gasteiger partial charge is 0.344 e. The van der Waals surface area contributed by atoms with Gasteiger partial charge in [0, 0.05) is 18.8 Å². The van der Waals surface area contributed by atoms with E-state index in [4.69, 9.17) is 0 Å². The molecule has 2 rings (SSSR count). The summed E-state index contributed by atoms with van der Waals surface area (Å²) >= 11 is 0. The number of nitrogens with one attached hydrogen (secondary N) is 1. The van der Waals surface area contributed by atoms with E-state index in [0.717, 1.165) is 24.1 Å². The number of aryl methyl sites for hydroxylation is 1. The molecule has 94 valence electrons. The summed E-state index contributed by atoms with van der Waals surface area (Å²) in [6.07, 6.45) is 3.39. The third-order valence-electron chi connectivity index (χ3n) is 2.96. The Morgan fingerprint density at radius 2 is 2.17 bits per heavy atom. The lowest BCUT2D eigenvalue weighted by Gasteiger charge is -2.28. The molecular formula is C14H16N2O2. The minimum absolute atomic E-state index is 0.306. The van der Waals surface area contributed by atoms with Gasteiger partial charge in [0.2, 0.25) is 0 Å². The molecule has 1 aliphatic rings. The third kappa shape index (κ3) is 2.42. The predicted octanol–water partition coefficient (Wildman–Crippen LogP) is 1.27. The number of benzene rings is 1. The van der Waals surface area contributed by atoms with E-state index in [1.807, 2.05) is 24.3 Å². The first-order valence-electron chi connectivity index (χ1n) is 6.02. The van der Waals surface area contributed by atoms with Gasteiger partial charge in [-0.25, -0.2) is 0 Å². The Morgan fingerprint density at radius 1 is 1.39 bits per heavy atom. The lowest BCUT2D eigenvalue weighted by Crippen LogP contribution is -2.45. The molecule has 0 fully saturated rings. The van der Waals surface area contributed by atoms with E-state index in [2.05, 4.69) is 11.9 Å². The smallest absolute Gasteiger partial charge is 0.316 e. The molecule has 0 spiro atoms. The van der Waals surface area contributed by atoms with Crippen LogP contribution >= 0.6 is 0 Å². The average Bonchev–Trinajstić information content (AvgIpc) is 2.43. The Hall–Kier alpha value is -2.10. The van der Waals surface area contributed by atoms with Gasteiger partial charge < -0.3 is 10.2 Å². The second-order valence-corrected chi connectivity index (χ2v) is 4.19. The van der Waals surface area contributed by atoms with Crippen LogP contribution in [0.4, 0.5) is 5.69 Å². The van der Waals surface area contributed by atoms with Crippen molar-refractivity contribution in [3.8, 4) is 0 Å². The van der Waals surface area contributed by atoms with Crippen LogP contribution in [-0.4, -0.2) is 24.9 Å². The van der Waals surface area contributed by atoms with E-state index in [0.29, 0.717) is 13.1 Å². The second kappa shape index (κ2) is 5.49. The fourth-order valence-electron chi connectivity index (χ4n) is 2.11. The van der Waals surface area contributed by atoms with Crippen molar-refractivity contribution in [3.63, 3.8) is 0 Å². The molecule has 0 saturated heterocycles. The average molecular weight is 244 g/mol. The van der Waals surface area contributed by atoms with Gasteiger partial charge in [0.15, 0.2) is 0 Å². The third-order valence-corrected chi connectivity index (χ3v) is 2.96. The number of amides is 2. The number of nitrogens with zero attached hydrogens (tertiary/aromatic N) is 1. The van der Waals surface area contributed by atoms with E-state index >= 15 is 0 Å². The number of fused-ring (bicyclic) bond motifs is 1. The number of para-hydroxylation sites is 1. The fourth-order valence-corrected chi connectivity index (χ4v) is 2.11. The molecule has 2 amide bonds. The molecule has 1 aromatic carbocycles. The first-order chi connectivity index (χ1) is 8.74. The molecule has 0 atom stereocenters. The van der Waals surface area contributed by atoms with Gasteiger partial charge in [-0.2, -0.15) is 0 Å². The van der Waals surface area contributed by atoms with Gasteiger partial charge in [0.05, 0.1) is 0 Å². The maximum atomic E-state index is 12.0. The van der Waals surface area contributed by atoms with Gasteiger partial charge in [0.1, 0.15) is 0 Å².